The summed E-state index contributed by atoms with van der Waals surface area (Å²) in [6.45, 7) is 2.98. The summed E-state index contributed by atoms with van der Waals surface area (Å²) < 4.78 is 5.34. The first-order valence-corrected chi connectivity index (χ1v) is 5.17. The SMILES string of the molecule is CCOc1cc(N)cc(NCCC(N)=O)c1. The molecule has 0 radical (unpaired) electrons. The van der Waals surface area contributed by atoms with Gasteiger partial charge in [0.05, 0.1) is 6.61 Å². The summed E-state index contributed by atoms with van der Waals surface area (Å²) >= 11 is 0. The largest absolute Gasteiger partial charge is 0.494 e. The Morgan fingerprint density at radius 2 is 2.19 bits per heavy atom. The Kier molecular flexibility index (Phi) is 4.44. The maximum atomic E-state index is 10.6. The number of carbonyl (C=O) groups is 1. The predicted molar refractivity (Wildman–Crippen MR) is 64.3 cm³/mol. The van der Waals surface area contributed by atoms with Crippen LogP contribution in [0.5, 0.6) is 5.75 Å². The van der Waals surface area contributed by atoms with Crippen molar-refractivity contribution < 1.29 is 9.53 Å². The molecule has 0 fully saturated rings. The molecular formula is C11H17N3O2. The average Bonchev–Trinajstić information content (AvgIpc) is 2.16. The summed E-state index contributed by atoms with van der Waals surface area (Å²) in [7, 11) is 0. The van der Waals surface area contributed by atoms with Crippen LogP contribution in [0.3, 0.4) is 0 Å². The first kappa shape index (κ1) is 12.2. The Hall–Kier alpha value is -1.91. The maximum Gasteiger partial charge on any atom is 0.219 e. The van der Waals surface area contributed by atoms with Crippen molar-refractivity contribution in [2.75, 3.05) is 24.2 Å². The van der Waals surface area contributed by atoms with Gasteiger partial charge in [0.15, 0.2) is 0 Å². The second kappa shape index (κ2) is 5.85. The number of primary amides is 1. The van der Waals surface area contributed by atoms with Crippen LogP contribution in [0.2, 0.25) is 0 Å². The number of amides is 1. The molecule has 5 N–H and O–H groups in total. The molecule has 0 saturated carbocycles. The molecular weight excluding hydrogens is 206 g/mol. The lowest BCUT2D eigenvalue weighted by Gasteiger charge is -2.09. The Bertz CT molecular complexity index is 366. The van der Waals surface area contributed by atoms with E-state index in [4.69, 9.17) is 16.2 Å². The summed E-state index contributed by atoms with van der Waals surface area (Å²) in [4.78, 5) is 10.6. The van der Waals surface area contributed by atoms with Gasteiger partial charge in [0.1, 0.15) is 5.75 Å². The third-order valence-electron chi connectivity index (χ3n) is 1.94. The van der Waals surface area contributed by atoms with Crippen molar-refractivity contribution >= 4 is 17.3 Å². The first-order valence-electron chi connectivity index (χ1n) is 5.17. The van der Waals surface area contributed by atoms with E-state index in [9.17, 15) is 4.79 Å². The van der Waals surface area contributed by atoms with E-state index >= 15 is 0 Å². The normalized spacial score (nSPS) is 9.81. The predicted octanol–water partition coefficient (Wildman–Crippen LogP) is 0.955. The van der Waals surface area contributed by atoms with Crippen LogP contribution in [0, 0.1) is 0 Å². The van der Waals surface area contributed by atoms with Crippen LogP contribution >= 0.6 is 0 Å². The second-order valence-corrected chi connectivity index (χ2v) is 3.37. The molecule has 0 bridgehead atoms. The molecule has 0 heterocycles. The zero-order valence-corrected chi connectivity index (χ0v) is 9.32. The Labute approximate surface area is 94.8 Å². The Balaban J connectivity index is 2.61. The molecule has 0 aliphatic heterocycles. The van der Waals surface area contributed by atoms with Gasteiger partial charge in [-0.1, -0.05) is 0 Å². The Morgan fingerprint density at radius 1 is 1.44 bits per heavy atom. The van der Waals surface area contributed by atoms with Gasteiger partial charge >= 0.3 is 0 Å². The van der Waals surface area contributed by atoms with Crippen molar-refractivity contribution in [3.05, 3.63) is 18.2 Å². The van der Waals surface area contributed by atoms with Crippen molar-refractivity contribution in [2.24, 2.45) is 5.73 Å². The minimum absolute atomic E-state index is 0.290. The Morgan fingerprint density at radius 3 is 2.81 bits per heavy atom. The van der Waals surface area contributed by atoms with Gasteiger partial charge < -0.3 is 21.5 Å². The van der Waals surface area contributed by atoms with Crippen molar-refractivity contribution in [1.82, 2.24) is 0 Å². The van der Waals surface area contributed by atoms with Crippen LogP contribution in [0.15, 0.2) is 18.2 Å². The topological polar surface area (TPSA) is 90.4 Å². The number of anilines is 2. The summed E-state index contributed by atoms with van der Waals surface area (Å²) in [6, 6.07) is 5.37. The lowest BCUT2D eigenvalue weighted by Crippen LogP contribution is -2.15. The molecule has 5 heteroatoms. The minimum Gasteiger partial charge on any atom is -0.494 e. The first-order chi connectivity index (χ1) is 7.61. The monoisotopic (exact) mass is 223 g/mol. The maximum absolute atomic E-state index is 10.6. The van der Waals surface area contributed by atoms with Gasteiger partial charge in [0, 0.05) is 36.5 Å². The highest BCUT2D eigenvalue weighted by molar-refractivity contribution is 5.74. The third-order valence-corrected chi connectivity index (χ3v) is 1.94. The van der Waals surface area contributed by atoms with Gasteiger partial charge in [0.25, 0.3) is 0 Å². The van der Waals surface area contributed by atoms with Crippen LogP contribution in [-0.4, -0.2) is 19.1 Å². The number of benzene rings is 1. The van der Waals surface area contributed by atoms with Crippen molar-refractivity contribution in [2.45, 2.75) is 13.3 Å². The fraction of sp³-hybridized carbons (Fsp3) is 0.364. The van der Waals surface area contributed by atoms with Gasteiger partial charge in [-0.15, -0.1) is 0 Å². The zero-order valence-electron chi connectivity index (χ0n) is 9.32. The highest BCUT2D eigenvalue weighted by Gasteiger charge is 2.00. The van der Waals surface area contributed by atoms with E-state index in [0.29, 0.717) is 31.0 Å². The smallest absolute Gasteiger partial charge is 0.219 e. The molecule has 0 atom stereocenters. The van der Waals surface area contributed by atoms with Gasteiger partial charge in [-0.05, 0) is 13.0 Å². The molecule has 0 spiro atoms. The molecule has 0 aliphatic carbocycles. The van der Waals surface area contributed by atoms with Crippen molar-refractivity contribution in [3.8, 4) is 5.75 Å². The van der Waals surface area contributed by atoms with Crippen LogP contribution in [0.4, 0.5) is 11.4 Å². The number of hydrogen-bond acceptors (Lipinski definition) is 4. The molecule has 0 aliphatic rings. The van der Waals surface area contributed by atoms with Crippen molar-refractivity contribution in [3.63, 3.8) is 0 Å². The number of rotatable bonds is 6. The fourth-order valence-electron chi connectivity index (χ4n) is 1.30. The molecule has 16 heavy (non-hydrogen) atoms. The minimum atomic E-state index is -0.332. The van der Waals surface area contributed by atoms with E-state index in [-0.39, 0.29) is 5.91 Å². The number of ether oxygens (including phenoxy) is 1. The van der Waals surface area contributed by atoms with Gasteiger partial charge in [0.2, 0.25) is 5.91 Å². The summed E-state index contributed by atoms with van der Waals surface area (Å²) in [5.41, 5.74) is 12.2. The molecule has 0 aromatic heterocycles. The molecule has 0 unspecified atom stereocenters. The van der Waals surface area contributed by atoms with Gasteiger partial charge in [-0.2, -0.15) is 0 Å². The summed E-state index contributed by atoms with van der Waals surface area (Å²) in [5, 5.41) is 3.05. The van der Waals surface area contributed by atoms with E-state index in [1.807, 2.05) is 13.0 Å². The molecule has 5 nitrogen and oxygen atoms in total. The number of nitrogens with one attached hydrogen (secondary N) is 1. The quantitative estimate of drug-likeness (QED) is 0.626. The molecule has 1 aromatic rings. The van der Waals surface area contributed by atoms with Crippen LogP contribution in [-0.2, 0) is 4.79 Å². The van der Waals surface area contributed by atoms with Crippen molar-refractivity contribution in [1.29, 1.82) is 0 Å². The standard InChI is InChI=1S/C11H17N3O2/c1-2-16-10-6-8(12)5-9(7-10)14-4-3-11(13)15/h5-7,14H,2-4,12H2,1H3,(H2,13,15). The van der Waals surface area contributed by atoms with E-state index in [2.05, 4.69) is 5.32 Å². The van der Waals surface area contributed by atoms with Crippen LogP contribution in [0.1, 0.15) is 13.3 Å². The fourth-order valence-corrected chi connectivity index (χ4v) is 1.30. The highest BCUT2D eigenvalue weighted by Crippen LogP contribution is 2.22. The molecule has 0 saturated heterocycles. The third kappa shape index (κ3) is 4.08. The zero-order chi connectivity index (χ0) is 12.0. The number of nitrogen functional groups attached to an aromatic ring is 1. The molecule has 1 aromatic carbocycles. The molecule has 1 rings (SSSR count). The second-order valence-electron chi connectivity index (χ2n) is 3.37. The van der Waals surface area contributed by atoms with E-state index < -0.39 is 0 Å². The highest BCUT2D eigenvalue weighted by atomic mass is 16.5. The van der Waals surface area contributed by atoms with E-state index in [1.165, 1.54) is 0 Å². The molecule has 1 amide bonds. The number of hydrogen-bond donors (Lipinski definition) is 3. The van der Waals surface area contributed by atoms with Gasteiger partial charge in [-0.25, -0.2) is 0 Å². The van der Waals surface area contributed by atoms with E-state index in [1.54, 1.807) is 12.1 Å². The van der Waals surface area contributed by atoms with Crippen LogP contribution in [0.25, 0.3) is 0 Å². The molecule has 88 valence electrons. The lowest BCUT2D eigenvalue weighted by atomic mass is 10.2. The number of carbonyl (C=O) groups excluding carboxylic acids is 1. The van der Waals surface area contributed by atoms with Gasteiger partial charge in [-0.3, -0.25) is 4.79 Å². The summed E-state index contributed by atoms with van der Waals surface area (Å²) in [6.07, 6.45) is 0.290. The average molecular weight is 223 g/mol. The van der Waals surface area contributed by atoms with Crippen LogP contribution < -0.4 is 21.5 Å². The number of nitrogens with two attached hydrogens (primary N) is 2. The summed E-state index contributed by atoms with van der Waals surface area (Å²) in [5.74, 6) is 0.380. The van der Waals surface area contributed by atoms with E-state index in [0.717, 1.165) is 5.69 Å². The lowest BCUT2D eigenvalue weighted by molar-refractivity contribution is -0.117.